The van der Waals surface area contributed by atoms with Crippen LogP contribution in [0.5, 0.6) is 0 Å². The Hall–Kier alpha value is -5.73. The molecule has 0 aliphatic carbocycles. The summed E-state index contributed by atoms with van der Waals surface area (Å²) < 4.78 is 34.6. The summed E-state index contributed by atoms with van der Waals surface area (Å²) in [6.45, 7) is 8.20. The minimum Gasteiger partial charge on any atom is -0.308 e. The first-order valence-electron chi connectivity index (χ1n) is 15.3. The van der Waals surface area contributed by atoms with Gasteiger partial charge in [0.15, 0.2) is 0 Å². The molecule has 0 unspecified atom stereocenters. The van der Waals surface area contributed by atoms with E-state index in [-0.39, 0.29) is 0 Å². The predicted octanol–water partition coefficient (Wildman–Crippen LogP) is 10.9. The number of nitrogens with zero attached hydrogens (tertiary/aromatic N) is 3. The molecule has 222 valence electrons. The number of benzene rings is 6. The molecule has 46 heavy (non-hydrogen) atoms. The molecule has 5 heteroatoms. The van der Waals surface area contributed by atoms with E-state index in [1.165, 1.54) is 12.1 Å². The molecular formula is C41H29F2N3. The first-order valence-corrected chi connectivity index (χ1v) is 15.3. The van der Waals surface area contributed by atoms with Gasteiger partial charge in [-0.05, 0) is 104 Å². The lowest BCUT2D eigenvalue weighted by Crippen LogP contribution is -2.06. The topological polar surface area (TPSA) is 33.6 Å². The van der Waals surface area contributed by atoms with Gasteiger partial charge in [-0.2, -0.15) is 5.26 Å². The Morgan fingerprint density at radius 3 is 1.15 bits per heavy atom. The smallest absolute Gasteiger partial charge is 0.126 e. The van der Waals surface area contributed by atoms with Gasteiger partial charge >= 0.3 is 0 Å². The summed E-state index contributed by atoms with van der Waals surface area (Å²) in [5, 5.41) is 14.7. The molecule has 0 aliphatic heterocycles. The van der Waals surface area contributed by atoms with Gasteiger partial charge in [0.1, 0.15) is 11.6 Å². The van der Waals surface area contributed by atoms with Gasteiger partial charge in [-0.3, -0.25) is 0 Å². The Kier molecular flexibility index (Phi) is 6.13. The molecule has 8 aromatic rings. The summed E-state index contributed by atoms with van der Waals surface area (Å²) in [7, 11) is 0. The van der Waals surface area contributed by atoms with Crippen LogP contribution in [0.25, 0.3) is 66.1 Å². The molecule has 8 rings (SSSR count). The standard InChI is InChI=1S/C41H29F2N3/c1-23-5-9-31-32-10-6-24(2)14-36(32)45(35(31)13-23)39-17-27(22-44)18-40(41(39)28-19-29(42)21-30(43)20-28)46-37-15-25(3)7-11-33(37)34-12-8-26(4)16-38(34)46/h5-21H,1-4H3. The Morgan fingerprint density at radius 2 is 0.826 bits per heavy atom. The number of rotatable bonds is 3. The molecule has 0 saturated heterocycles. The Bertz CT molecular complexity index is 2330. The summed E-state index contributed by atoms with van der Waals surface area (Å²) in [5.41, 5.74) is 10.9. The van der Waals surface area contributed by atoms with E-state index in [9.17, 15) is 5.26 Å². The van der Waals surface area contributed by atoms with Crippen molar-refractivity contribution in [3.63, 3.8) is 0 Å². The number of halogens is 2. The minimum atomic E-state index is -0.668. The number of hydrogen-bond acceptors (Lipinski definition) is 1. The van der Waals surface area contributed by atoms with E-state index in [1.54, 1.807) is 0 Å². The number of nitriles is 1. The summed E-state index contributed by atoms with van der Waals surface area (Å²) >= 11 is 0. The van der Waals surface area contributed by atoms with Crippen LogP contribution in [0.4, 0.5) is 8.78 Å². The van der Waals surface area contributed by atoms with Gasteiger partial charge in [-0.15, -0.1) is 0 Å². The van der Waals surface area contributed by atoms with Crippen LogP contribution < -0.4 is 0 Å². The second-order valence-corrected chi connectivity index (χ2v) is 12.4. The zero-order valence-corrected chi connectivity index (χ0v) is 25.9. The fraction of sp³-hybridized carbons (Fsp3) is 0.0976. The van der Waals surface area contributed by atoms with Crippen LogP contribution in [0.1, 0.15) is 27.8 Å². The molecule has 0 radical (unpaired) electrons. The zero-order chi connectivity index (χ0) is 31.9. The molecule has 0 aliphatic rings. The van der Waals surface area contributed by atoms with E-state index in [0.29, 0.717) is 28.1 Å². The highest BCUT2D eigenvalue weighted by molar-refractivity contribution is 6.12. The van der Waals surface area contributed by atoms with Crippen molar-refractivity contribution in [3.05, 3.63) is 143 Å². The van der Waals surface area contributed by atoms with Gasteiger partial charge in [-0.25, -0.2) is 8.78 Å². The molecule has 2 heterocycles. The summed E-state index contributed by atoms with van der Waals surface area (Å²) in [6, 6.07) is 35.1. The first-order chi connectivity index (χ1) is 22.2. The van der Waals surface area contributed by atoms with Crippen molar-refractivity contribution in [1.29, 1.82) is 5.26 Å². The van der Waals surface area contributed by atoms with Crippen molar-refractivity contribution in [2.75, 3.05) is 0 Å². The highest BCUT2D eigenvalue weighted by atomic mass is 19.1. The quantitative estimate of drug-likeness (QED) is 0.198. The monoisotopic (exact) mass is 601 g/mol. The molecule has 6 aromatic carbocycles. The van der Waals surface area contributed by atoms with Crippen molar-refractivity contribution in [1.82, 2.24) is 9.13 Å². The second kappa shape index (κ2) is 10.2. The van der Waals surface area contributed by atoms with Gasteiger partial charge in [0.25, 0.3) is 0 Å². The van der Waals surface area contributed by atoms with Gasteiger partial charge in [0.2, 0.25) is 0 Å². The van der Waals surface area contributed by atoms with Crippen LogP contribution in [-0.2, 0) is 0 Å². The van der Waals surface area contributed by atoms with E-state index >= 15 is 8.78 Å². The minimum absolute atomic E-state index is 0.387. The molecule has 2 aromatic heterocycles. The average Bonchev–Trinajstić information content (AvgIpc) is 3.50. The third-order valence-corrected chi connectivity index (χ3v) is 9.02. The zero-order valence-electron chi connectivity index (χ0n) is 25.9. The number of aryl methyl sites for hydroxylation is 4. The Morgan fingerprint density at radius 1 is 0.478 bits per heavy atom. The summed E-state index contributed by atoms with van der Waals surface area (Å²) in [5.74, 6) is -1.34. The van der Waals surface area contributed by atoms with Gasteiger partial charge < -0.3 is 9.13 Å². The largest absolute Gasteiger partial charge is 0.308 e. The van der Waals surface area contributed by atoms with Gasteiger partial charge in [0.05, 0.1) is 45.1 Å². The van der Waals surface area contributed by atoms with Crippen LogP contribution in [0.2, 0.25) is 0 Å². The maximum absolute atomic E-state index is 15.1. The lowest BCUT2D eigenvalue weighted by molar-refractivity contribution is 0.584. The van der Waals surface area contributed by atoms with Gasteiger partial charge in [-0.1, -0.05) is 48.5 Å². The highest BCUT2D eigenvalue weighted by Crippen LogP contribution is 2.43. The third-order valence-electron chi connectivity index (χ3n) is 9.02. The summed E-state index contributed by atoms with van der Waals surface area (Å²) in [4.78, 5) is 0. The van der Waals surface area contributed by atoms with Crippen LogP contribution in [0.15, 0.2) is 103 Å². The van der Waals surface area contributed by atoms with Crippen LogP contribution in [0.3, 0.4) is 0 Å². The SMILES string of the molecule is Cc1ccc2c3ccc(C)cc3n(-c3cc(C#N)cc(-n4c5cc(C)ccc5c5ccc(C)cc54)c3-c3cc(F)cc(F)c3)c2c1. The average molecular weight is 602 g/mol. The van der Waals surface area contributed by atoms with E-state index in [0.717, 1.165) is 71.9 Å². The fourth-order valence-electron chi connectivity index (χ4n) is 7.02. The van der Waals surface area contributed by atoms with Crippen LogP contribution >= 0.6 is 0 Å². The molecule has 0 bridgehead atoms. The number of hydrogen-bond donors (Lipinski definition) is 0. The Balaban J connectivity index is 1.64. The van der Waals surface area contributed by atoms with Crippen molar-refractivity contribution >= 4 is 43.6 Å². The fourth-order valence-corrected chi connectivity index (χ4v) is 7.02. The van der Waals surface area contributed by atoms with Crippen molar-refractivity contribution in [2.45, 2.75) is 27.7 Å². The van der Waals surface area contributed by atoms with E-state index in [1.807, 2.05) is 12.1 Å². The van der Waals surface area contributed by atoms with Crippen molar-refractivity contribution in [3.8, 4) is 28.6 Å². The molecule has 0 fully saturated rings. The number of fused-ring (bicyclic) bond motifs is 6. The molecule has 0 N–H and O–H groups in total. The number of aromatic nitrogens is 2. The maximum atomic E-state index is 15.1. The predicted molar refractivity (Wildman–Crippen MR) is 184 cm³/mol. The highest BCUT2D eigenvalue weighted by Gasteiger charge is 2.24. The molecule has 3 nitrogen and oxygen atoms in total. The Labute approximate surface area is 265 Å². The van der Waals surface area contributed by atoms with E-state index in [4.69, 9.17) is 0 Å². The maximum Gasteiger partial charge on any atom is 0.126 e. The molecule has 0 saturated carbocycles. The summed E-state index contributed by atoms with van der Waals surface area (Å²) in [6.07, 6.45) is 0. The van der Waals surface area contributed by atoms with Crippen molar-refractivity contribution < 1.29 is 8.78 Å². The molecular weight excluding hydrogens is 572 g/mol. The first kappa shape index (κ1) is 27.8. The lowest BCUT2D eigenvalue weighted by atomic mass is 9.97. The van der Waals surface area contributed by atoms with Gasteiger partial charge in [0, 0.05) is 33.2 Å². The van der Waals surface area contributed by atoms with Crippen LogP contribution in [0, 0.1) is 50.7 Å². The molecule has 0 atom stereocenters. The van der Waals surface area contributed by atoms with Crippen LogP contribution in [-0.4, -0.2) is 9.13 Å². The second-order valence-electron chi connectivity index (χ2n) is 12.4. The molecule has 0 spiro atoms. The van der Waals surface area contributed by atoms with Crippen molar-refractivity contribution in [2.24, 2.45) is 0 Å². The third kappa shape index (κ3) is 4.22. The lowest BCUT2D eigenvalue weighted by Gasteiger charge is -2.21. The molecule has 0 amide bonds. The van der Waals surface area contributed by atoms with E-state index in [2.05, 4.69) is 116 Å². The van der Waals surface area contributed by atoms with E-state index < -0.39 is 11.6 Å². The normalized spacial score (nSPS) is 11.7.